The molecule has 1 heterocycles. The topological polar surface area (TPSA) is 18.5 Å². The van der Waals surface area contributed by atoms with Crippen LogP contribution in [0.2, 0.25) is 0 Å². The lowest BCUT2D eigenvalue weighted by molar-refractivity contribution is 0.138. The molecule has 0 radical (unpaired) electrons. The highest BCUT2D eigenvalue weighted by Crippen LogP contribution is 2.33. The van der Waals surface area contributed by atoms with Gasteiger partial charge < -0.3 is 10.2 Å². The Morgan fingerprint density at radius 1 is 1.12 bits per heavy atom. The normalized spacial score (nSPS) is 31.8. The van der Waals surface area contributed by atoms with E-state index < -0.39 is 0 Å². The molecule has 2 rings (SSSR count). The number of hydrogen-bond acceptors (Lipinski definition) is 3. The minimum Gasteiger partial charge on any atom is -0.313 e. The van der Waals surface area contributed by atoms with Crippen LogP contribution in [0.5, 0.6) is 0 Å². The van der Waals surface area contributed by atoms with Gasteiger partial charge in [0.2, 0.25) is 0 Å². The first-order valence-electron chi connectivity index (χ1n) is 7.29. The fourth-order valence-corrected chi connectivity index (χ4v) is 2.87. The fraction of sp³-hybridized carbons (Fsp3) is 1.00. The molecule has 0 aromatic heterocycles. The highest BCUT2D eigenvalue weighted by molar-refractivity contribution is 4.86. The summed E-state index contributed by atoms with van der Waals surface area (Å²) in [5.41, 5.74) is 0. The van der Waals surface area contributed by atoms with Crippen molar-refractivity contribution in [3.8, 4) is 0 Å². The summed E-state index contributed by atoms with van der Waals surface area (Å²) in [7, 11) is 2.22. The molecule has 1 aliphatic heterocycles. The van der Waals surface area contributed by atoms with Gasteiger partial charge in [-0.15, -0.1) is 0 Å². The lowest BCUT2D eigenvalue weighted by Crippen LogP contribution is -2.49. The molecule has 0 aromatic rings. The van der Waals surface area contributed by atoms with E-state index in [0.29, 0.717) is 0 Å². The van der Waals surface area contributed by atoms with Crippen LogP contribution in [-0.4, -0.2) is 62.2 Å². The molecule has 0 atom stereocenters. The highest BCUT2D eigenvalue weighted by atomic mass is 15.2. The second-order valence-electron chi connectivity index (χ2n) is 6.27. The van der Waals surface area contributed by atoms with Gasteiger partial charge in [-0.2, -0.15) is 0 Å². The van der Waals surface area contributed by atoms with Gasteiger partial charge in [0.25, 0.3) is 0 Å². The van der Waals surface area contributed by atoms with Crippen molar-refractivity contribution in [3.63, 3.8) is 0 Å². The molecular formula is C14H29N3. The SMILES string of the molecule is CC(C)C1CC(NCCN2CCN(C)CC2)C1. The maximum Gasteiger partial charge on any atom is 0.0110 e. The third-order valence-electron chi connectivity index (χ3n) is 4.57. The smallest absolute Gasteiger partial charge is 0.0110 e. The molecule has 0 amide bonds. The Hall–Kier alpha value is -0.120. The van der Waals surface area contributed by atoms with E-state index in [4.69, 9.17) is 0 Å². The van der Waals surface area contributed by atoms with Crippen LogP contribution in [0, 0.1) is 11.8 Å². The first kappa shape index (κ1) is 13.3. The molecule has 2 fully saturated rings. The van der Waals surface area contributed by atoms with Crippen LogP contribution in [0.25, 0.3) is 0 Å². The minimum absolute atomic E-state index is 0.815. The summed E-state index contributed by atoms with van der Waals surface area (Å²) in [6.07, 6.45) is 2.81. The van der Waals surface area contributed by atoms with E-state index in [1.165, 1.54) is 52.1 Å². The van der Waals surface area contributed by atoms with E-state index in [1.54, 1.807) is 0 Å². The number of rotatable bonds is 5. The van der Waals surface area contributed by atoms with Gasteiger partial charge in [0, 0.05) is 45.3 Å². The van der Waals surface area contributed by atoms with Crippen molar-refractivity contribution in [2.24, 2.45) is 11.8 Å². The summed E-state index contributed by atoms with van der Waals surface area (Å²) in [5.74, 6) is 1.86. The third-order valence-corrected chi connectivity index (χ3v) is 4.57. The molecule has 1 saturated heterocycles. The number of nitrogens with zero attached hydrogens (tertiary/aromatic N) is 2. The average Bonchev–Trinajstić information content (AvgIpc) is 2.23. The zero-order chi connectivity index (χ0) is 12.3. The summed E-state index contributed by atoms with van der Waals surface area (Å²) in [6, 6.07) is 0.815. The summed E-state index contributed by atoms with van der Waals surface area (Å²) in [6.45, 7) is 12.1. The Morgan fingerprint density at radius 3 is 2.35 bits per heavy atom. The monoisotopic (exact) mass is 239 g/mol. The van der Waals surface area contributed by atoms with Gasteiger partial charge in [-0.1, -0.05) is 13.8 Å². The van der Waals surface area contributed by atoms with Crippen molar-refractivity contribution in [2.45, 2.75) is 32.7 Å². The zero-order valence-electron chi connectivity index (χ0n) is 11.8. The van der Waals surface area contributed by atoms with E-state index in [-0.39, 0.29) is 0 Å². The van der Waals surface area contributed by atoms with Gasteiger partial charge in [-0.25, -0.2) is 0 Å². The number of likely N-dealkylation sites (N-methyl/N-ethyl adjacent to an activating group) is 1. The van der Waals surface area contributed by atoms with Gasteiger partial charge in [-0.05, 0) is 31.7 Å². The van der Waals surface area contributed by atoms with Gasteiger partial charge >= 0.3 is 0 Å². The van der Waals surface area contributed by atoms with E-state index in [1.807, 2.05) is 0 Å². The molecule has 17 heavy (non-hydrogen) atoms. The second kappa shape index (κ2) is 6.17. The second-order valence-corrected chi connectivity index (χ2v) is 6.27. The van der Waals surface area contributed by atoms with Crippen molar-refractivity contribution in [1.29, 1.82) is 0 Å². The van der Waals surface area contributed by atoms with Crippen molar-refractivity contribution < 1.29 is 0 Å². The molecule has 100 valence electrons. The Balaban J connectivity index is 1.50. The molecule has 0 aromatic carbocycles. The van der Waals surface area contributed by atoms with Crippen LogP contribution in [0.15, 0.2) is 0 Å². The highest BCUT2D eigenvalue weighted by Gasteiger charge is 2.30. The van der Waals surface area contributed by atoms with Crippen molar-refractivity contribution in [1.82, 2.24) is 15.1 Å². The number of hydrogen-bond donors (Lipinski definition) is 1. The molecule has 0 bridgehead atoms. The standard InChI is InChI=1S/C14H29N3/c1-12(2)13-10-14(11-13)15-4-5-17-8-6-16(3)7-9-17/h12-15H,4-11H2,1-3H3. The zero-order valence-corrected chi connectivity index (χ0v) is 11.8. The predicted octanol–water partition coefficient (Wildman–Crippen LogP) is 1.26. The lowest BCUT2D eigenvalue weighted by Gasteiger charge is -2.39. The van der Waals surface area contributed by atoms with E-state index >= 15 is 0 Å². The summed E-state index contributed by atoms with van der Waals surface area (Å²) in [4.78, 5) is 5.01. The predicted molar refractivity (Wildman–Crippen MR) is 73.3 cm³/mol. The maximum absolute atomic E-state index is 3.71. The molecule has 1 N–H and O–H groups in total. The van der Waals surface area contributed by atoms with Crippen LogP contribution < -0.4 is 5.32 Å². The van der Waals surface area contributed by atoms with E-state index in [2.05, 4.69) is 36.0 Å². The summed E-state index contributed by atoms with van der Waals surface area (Å²) >= 11 is 0. The Bertz CT molecular complexity index is 216. The molecule has 2 aliphatic rings. The molecule has 1 aliphatic carbocycles. The third kappa shape index (κ3) is 3.94. The quantitative estimate of drug-likeness (QED) is 0.779. The fourth-order valence-electron chi connectivity index (χ4n) is 2.87. The van der Waals surface area contributed by atoms with Crippen LogP contribution in [0.1, 0.15) is 26.7 Å². The lowest BCUT2D eigenvalue weighted by atomic mass is 9.74. The Labute approximate surface area is 107 Å². The van der Waals surface area contributed by atoms with Crippen LogP contribution in [0.4, 0.5) is 0 Å². The number of nitrogens with one attached hydrogen (secondary N) is 1. The van der Waals surface area contributed by atoms with Crippen LogP contribution in [-0.2, 0) is 0 Å². The van der Waals surface area contributed by atoms with Crippen LogP contribution >= 0.6 is 0 Å². The average molecular weight is 239 g/mol. The van der Waals surface area contributed by atoms with Crippen molar-refractivity contribution >= 4 is 0 Å². The molecule has 0 spiro atoms. The van der Waals surface area contributed by atoms with Crippen molar-refractivity contribution in [3.05, 3.63) is 0 Å². The Morgan fingerprint density at radius 2 is 1.76 bits per heavy atom. The molecule has 3 nitrogen and oxygen atoms in total. The Kier molecular flexibility index (Phi) is 4.83. The van der Waals surface area contributed by atoms with Crippen molar-refractivity contribution in [2.75, 3.05) is 46.3 Å². The maximum atomic E-state index is 3.71. The van der Waals surface area contributed by atoms with Gasteiger partial charge in [0.1, 0.15) is 0 Å². The largest absolute Gasteiger partial charge is 0.313 e. The summed E-state index contributed by atoms with van der Waals surface area (Å²) < 4.78 is 0. The van der Waals surface area contributed by atoms with E-state index in [0.717, 1.165) is 17.9 Å². The first-order valence-corrected chi connectivity index (χ1v) is 7.29. The minimum atomic E-state index is 0.815. The van der Waals surface area contributed by atoms with E-state index in [9.17, 15) is 0 Å². The number of piperazine rings is 1. The first-order chi connectivity index (χ1) is 8.15. The molecular weight excluding hydrogens is 210 g/mol. The molecule has 3 heteroatoms. The molecule has 1 saturated carbocycles. The van der Waals surface area contributed by atoms with Gasteiger partial charge in [0.05, 0.1) is 0 Å². The van der Waals surface area contributed by atoms with Gasteiger partial charge in [0.15, 0.2) is 0 Å². The molecule has 0 unspecified atom stereocenters. The van der Waals surface area contributed by atoms with Crippen LogP contribution in [0.3, 0.4) is 0 Å². The van der Waals surface area contributed by atoms with Gasteiger partial charge in [-0.3, -0.25) is 4.90 Å². The summed E-state index contributed by atoms with van der Waals surface area (Å²) in [5, 5.41) is 3.71.